The van der Waals surface area contributed by atoms with Crippen molar-refractivity contribution in [2.75, 3.05) is 7.11 Å². The molecule has 0 saturated carbocycles. The van der Waals surface area contributed by atoms with E-state index in [0.29, 0.717) is 0 Å². The minimum Gasteiger partial charge on any atom is -0.469 e. The predicted octanol–water partition coefficient (Wildman–Crippen LogP) is 0.393. The molecule has 0 heterocycles. The maximum atomic E-state index is 10.6. The molecule has 0 amide bonds. The van der Waals surface area contributed by atoms with Crippen LogP contribution in [0.5, 0.6) is 0 Å². The van der Waals surface area contributed by atoms with Gasteiger partial charge in [0.2, 0.25) is 0 Å². The van der Waals surface area contributed by atoms with Crippen LogP contribution in [0.1, 0.15) is 20.8 Å². The second-order valence-electron chi connectivity index (χ2n) is 3.25. The van der Waals surface area contributed by atoms with Crippen molar-refractivity contribution in [3.8, 4) is 0 Å². The van der Waals surface area contributed by atoms with Crippen molar-refractivity contribution < 1.29 is 24.2 Å². The average Bonchev–Trinajstić information content (AvgIpc) is 1.80. The van der Waals surface area contributed by atoms with E-state index in [1.165, 1.54) is 7.11 Å². The van der Waals surface area contributed by atoms with Crippen molar-refractivity contribution in [3.63, 3.8) is 0 Å². The number of hydrogen-bond donors (Lipinski definition) is 3. The summed E-state index contributed by atoms with van der Waals surface area (Å²) in [6.07, 6.45) is 0. The first-order chi connectivity index (χ1) is 5.48. The number of carbonyl (C=O) groups is 1. The van der Waals surface area contributed by atoms with Crippen LogP contribution >= 0.6 is 6.72 Å². The van der Waals surface area contributed by atoms with Gasteiger partial charge < -0.3 is 19.4 Å². The third kappa shape index (κ3) is 18.8. The quantitative estimate of drug-likeness (QED) is 0.412. The first-order valence-corrected chi connectivity index (χ1v) is 6.01. The monoisotopic (exact) mass is 230 g/mol. The normalized spacial score (nSPS) is 11.3. The van der Waals surface area contributed by atoms with Gasteiger partial charge in [-0.15, -0.1) is 0 Å². The highest BCUT2D eigenvalue weighted by Gasteiger charge is 2.21. The Labute approximate surface area is 82.6 Å². The van der Waals surface area contributed by atoms with Crippen LogP contribution in [0.2, 0.25) is 0 Å². The van der Waals surface area contributed by atoms with Crippen LogP contribution in [-0.2, 0) is 21.3 Å². The van der Waals surface area contributed by atoms with Gasteiger partial charge in [-0.3, -0.25) is 4.79 Å². The van der Waals surface area contributed by atoms with Crippen LogP contribution < -0.4 is 0 Å². The molecule has 0 aromatic carbocycles. The zero-order chi connectivity index (χ0) is 11.3. The van der Waals surface area contributed by atoms with Gasteiger partial charge in [0.15, 0.2) is 0 Å². The zero-order valence-electron chi connectivity index (χ0n) is 8.01. The predicted molar refractivity (Wildman–Crippen MR) is 52.4 cm³/mol. The highest BCUT2D eigenvalue weighted by molar-refractivity contribution is 8.06. The van der Waals surface area contributed by atoms with Crippen LogP contribution in [0.4, 0.5) is 0 Å². The average molecular weight is 230 g/mol. The molecule has 0 fully saturated rings. The molecule has 0 spiro atoms. The van der Waals surface area contributed by atoms with Crippen LogP contribution in [0.25, 0.3) is 0 Å². The van der Waals surface area contributed by atoms with Crippen LogP contribution in [0, 0.1) is 5.41 Å². The number of rotatable bonds is 0. The van der Waals surface area contributed by atoms with Crippen LogP contribution in [0.15, 0.2) is 0 Å². The van der Waals surface area contributed by atoms with E-state index in [9.17, 15) is 4.79 Å². The molecule has 0 aromatic heterocycles. The number of esters is 1. The van der Waals surface area contributed by atoms with Gasteiger partial charge in [0, 0.05) is 0 Å². The Bertz CT molecular complexity index is 195. The first-order valence-electron chi connectivity index (χ1n) is 3.35. The fraction of sp³-hybridized carbons (Fsp3) is 0.833. The van der Waals surface area contributed by atoms with E-state index in [2.05, 4.69) is 16.5 Å². The van der Waals surface area contributed by atoms with Crippen LogP contribution in [0.3, 0.4) is 0 Å². The molecule has 0 aromatic rings. The number of carbonyl (C=O) groups excluding carboxylic acids is 1. The third-order valence-electron chi connectivity index (χ3n) is 0.798. The lowest BCUT2D eigenvalue weighted by molar-refractivity contribution is -0.149. The van der Waals surface area contributed by atoms with Gasteiger partial charge in [-0.25, -0.2) is 0 Å². The van der Waals surface area contributed by atoms with Crippen molar-refractivity contribution >= 4 is 24.5 Å². The summed E-state index contributed by atoms with van der Waals surface area (Å²) >= 11 is 3.60. The van der Waals surface area contributed by atoms with Crippen LogP contribution in [-0.4, -0.2) is 27.8 Å². The smallest absolute Gasteiger partial charge is 0.319 e. The Balaban J connectivity index is 0. The van der Waals surface area contributed by atoms with Gasteiger partial charge in [-0.2, -0.15) is 0 Å². The first kappa shape index (κ1) is 15.5. The van der Waals surface area contributed by atoms with E-state index in [1.54, 1.807) is 0 Å². The molecule has 7 heteroatoms. The topological polar surface area (TPSA) is 87.0 Å². The Morgan fingerprint density at radius 1 is 1.31 bits per heavy atom. The maximum Gasteiger partial charge on any atom is 0.319 e. The van der Waals surface area contributed by atoms with Gasteiger partial charge in [0.1, 0.15) is 0 Å². The number of hydrogen-bond acceptors (Lipinski definition) is 3. The SMILES string of the molecule is COC(=O)C(C)(C)C.OP(O)(O)=S. The molecule has 0 radical (unpaired) electrons. The van der Waals surface area contributed by atoms with E-state index in [-0.39, 0.29) is 11.4 Å². The molecule has 0 atom stereocenters. The Hall–Kier alpha value is -0.0000000000000000833. The van der Waals surface area contributed by atoms with Gasteiger partial charge in [-0.05, 0) is 32.6 Å². The van der Waals surface area contributed by atoms with Gasteiger partial charge in [-0.1, -0.05) is 0 Å². The molecule has 0 bridgehead atoms. The van der Waals surface area contributed by atoms with E-state index >= 15 is 0 Å². The molecule has 0 aliphatic carbocycles. The molecular formula is C6H15O5PS. The molecule has 13 heavy (non-hydrogen) atoms. The Morgan fingerprint density at radius 2 is 1.54 bits per heavy atom. The molecule has 0 unspecified atom stereocenters. The molecule has 0 aliphatic heterocycles. The van der Waals surface area contributed by atoms with Gasteiger partial charge in [0.05, 0.1) is 12.5 Å². The molecule has 80 valence electrons. The van der Waals surface area contributed by atoms with Crippen molar-refractivity contribution in [1.29, 1.82) is 0 Å². The minimum absolute atomic E-state index is 0.169. The summed E-state index contributed by atoms with van der Waals surface area (Å²) in [5, 5.41) is 0. The third-order valence-corrected chi connectivity index (χ3v) is 0.798. The van der Waals surface area contributed by atoms with E-state index in [1.807, 2.05) is 20.8 Å². The zero-order valence-corrected chi connectivity index (χ0v) is 9.72. The summed E-state index contributed by atoms with van der Waals surface area (Å²) < 4.78 is 4.48. The lowest BCUT2D eigenvalue weighted by Gasteiger charge is -2.13. The minimum atomic E-state index is -3.81. The van der Waals surface area contributed by atoms with Crippen molar-refractivity contribution in [1.82, 2.24) is 0 Å². The highest BCUT2D eigenvalue weighted by atomic mass is 32.5. The Morgan fingerprint density at radius 3 is 1.54 bits per heavy atom. The van der Waals surface area contributed by atoms with E-state index in [0.717, 1.165) is 0 Å². The Kier molecular flexibility index (Phi) is 6.75. The summed E-state index contributed by atoms with van der Waals surface area (Å²) in [7, 11) is 1.40. The fourth-order valence-electron chi connectivity index (χ4n) is 0.306. The molecule has 0 aliphatic rings. The number of ether oxygens (including phenoxy) is 1. The lowest BCUT2D eigenvalue weighted by atomic mass is 9.98. The molecule has 5 nitrogen and oxygen atoms in total. The number of methoxy groups -OCH3 is 1. The van der Waals surface area contributed by atoms with Crippen molar-refractivity contribution in [2.24, 2.45) is 5.41 Å². The standard InChI is InChI=1S/C6H12O2.H3O3PS/c1-6(2,3)5(7)8-4;1-4(2,3)5/h1-4H3;(H3,1,2,3,5). The summed E-state index contributed by atoms with van der Waals surface area (Å²) in [5.41, 5.74) is -0.352. The van der Waals surface area contributed by atoms with Crippen molar-refractivity contribution in [3.05, 3.63) is 0 Å². The largest absolute Gasteiger partial charge is 0.469 e. The van der Waals surface area contributed by atoms with E-state index in [4.69, 9.17) is 14.7 Å². The second-order valence-corrected chi connectivity index (χ2v) is 5.75. The molecule has 0 saturated heterocycles. The van der Waals surface area contributed by atoms with Gasteiger partial charge >= 0.3 is 12.7 Å². The maximum absolute atomic E-state index is 10.6. The highest BCUT2D eigenvalue weighted by Crippen LogP contribution is 2.26. The summed E-state index contributed by atoms with van der Waals surface area (Å²) in [5.74, 6) is -0.169. The van der Waals surface area contributed by atoms with Crippen molar-refractivity contribution in [2.45, 2.75) is 20.8 Å². The fourth-order valence-corrected chi connectivity index (χ4v) is 0.306. The van der Waals surface area contributed by atoms with Gasteiger partial charge in [0.25, 0.3) is 0 Å². The second kappa shape index (κ2) is 5.67. The lowest BCUT2D eigenvalue weighted by Crippen LogP contribution is -2.21. The van der Waals surface area contributed by atoms with E-state index < -0.39 is 6.72 Å². The molecule has 0 rings (SSSR count). The summed E-state index contributed by atoms with van der Waals surface area (Å²) in [6.45, 7) is 1.65. The molecule has 3 N–H and O–H groups in total. The summed E-state index contributed by atoms with van der Waals surface area (Å²) in [4.78, 5) is 33.3. The molecular weight excluding hydrogens is 215 g/mol. The summed E-state index contributed by atoms with van der Waals surface area (Å²) in [6, 6.07) is 0.